The van der Waals surface area contributed by atoms with Crippen LogP contribution in [0.3, 0.4) is 0 Å². The van der Waals surface area contributed by atoms with Crippen LogP contribution in [0.4, 0.5) is 0 Å². The third kappa shape index (κ3) is 1.64. The average molecular weight is 223 g/mol. The van der Waals surface area contributed by atoms with Crippen LogP contribution in [0.2, 0.25) is 0 Å². The molecule has 0 saturated carbocycles. The van der Waals surface area contributed by atoms with E-state index < -0.39 is 11.8 Å². The molecule has 5 heteroatoms. The molecule has 86 valence electrons. The number of rotatable bonds is 3. The van der Waals surface area contributed by atoms with Gasteiger partial charge in [0.05, 0.1) is 0 Å². The molecule has 2 N–H and O–H groups in total. The highest BCUT2D eigenvalue weighted by Crippen LogP contribution is 2.29. The number of methoxy groups -OCH3 is 2. The van der Waals surface area contributed by atoms with Crippen molar-refractivity contribution in [2.75, 3.05) is 14.2 Å². The minimum atomic E-state index is -0.969. The summed E-state index contributed by atoms with van der Waals surface area (Å²) < 4.78 is 10.6. The summed E-state index contributed by atoms with van der Waals surface area (Å²) >= 11 is 0. The maximum absolute atomic E-state index is 10.8. The molecule has 5 nitrogen and oxygen atoms in total. The molecule has 0 spiro atoms. The van der Waals surface area contributed by atoms with E-state index >= 15 is 0 Å². The van der Waals surface area contributed by atoms with Gasteiger partial charge in [-0.15, -0.1) is 0 Å². The second-order valence-corrected chi connectivity index (χ2v) is 3.65. The van der Waals surface area contributed by atoms with E-state index in [2.05, 4.69) is 4.98 Å². The van der Waals surface area contributed by atoms with Crippen molar-refractivity contribution in [1.29, 1.82) is 0 Å². The quantitative estimate of drug-likeness (QED) is 0.757. The van der Waals surface area contributed by atoms with Gasteiger partial charge in [-0.05, 0) is 17.7 Å². The Morgan fingerprint density at radius 1 is 1.50 bits per heavy atom. The molecule has 0 saturated heterocycles. The van der Waals surface area contributed by atoms with E-state index in [-0.39, 0.29) is 5.69 Å². The van der Waals surface area contributed by atoms with Gasteiger partial charge in [-0.25, -0.2) is 4.79 Å². The summed E-state index contributed by atoms with van der Waals surface area (Å²) in [5, 5.41) is 8.86. The zero-order chi connectivity index (χ0) is 11.8. The minimum Gasteiger partial charge on any atom is -0.477 e. The van der Waals surface area contributed by atoms with Gasteiger partial charge in [0.25, 0.3) is 0 Å². The van der Waals surface area contributed by atoms with E-state index in [0.717, 1.165) is 11.3 Å². The monoisotopic (exact) mass is 223 g/mol. The topological polar surface area (TPSA) is 71.6 Å². The number of aromatic nitrogens is 1. The molecule has 0 aromatic carbocycles. The fraction of sp³-hybridized carbons (Fsp3) is 0.364. The number of nitrogens with one attached hydrogen (secondary N) is 1. The lowest BCUT2D eigenvalue weighted by molar-refractivity contribution is -0.169. The molecule has 1 heterocycles. The number of aromatic amines is 1. The zero-order valence-corrected chi connectivity index (χ0v) is 9.11. The first-order valence-corrected chi connectivity index (χ1v) is 4.85. The average Bonchev–Trinajstić information content (AvgIpc) is 2.71. The summed E-state index contributed by atoms with van der Waals surface area (Å²) in [6.45, 7) is 0. The molecule has 1 aliphatic rings. The van der Waals surface area contributed by atoms with Gasteiger partial charge < -0.3 is 19.6 Å². The fourth-order valence-corrected chi connectivity index (χ4v) is 1.81. The van der Waals surface area contributed by atoms with Crippen molar-refractivity contribution in [2.45, 2.75) is 12.2 Å². The van der Waals surface area contributed by atoms with Crippen molar-refractivity contribution in [2.24, 2.45) is 0 Å². The molecule has 0 fully saturated rings. The lowest BCUT2D eigenvalue weighted by Gasteiger charge is -2.29. The Kier molecular flexibility index (Phi) is 2.57. The number of aromatic carboxylic acids is 1. The van der Waals surface area contributed by atoms with E-state index in [1.54, 1.807) is 32.4 Å². The molecule has 2 rings (SSSR count). The number of carboxylic acid groups (broad SMARTS) is 1. The number of ether oxygens (including phenoxy) is 2. The Hall–Kier alpha value is -1.59. The van der Waals surface area contributed by atoms with Crippen molar-refractivity contribution in [3.05, 3.63) is 29.1 Å². The van der Waals surface area contributed by atoms with E-state index in [0.29, 0.717) is 6.42 Å². The van der Waals surface area contributed by atoms with Crippen LogP contribution in [-0.2, 0) is 15.9 Å². The van der Waals surface area contributed by atoms with Crippen molar-refractivity contribution in [3.63, 3.8) is 0 Å². The van der Waals surface area contributed by atoms with Crippen molar-refractivity contribution in [1.82, 2.24) is 4.98 Å². The van der Waals surface area contributed by atoms with Crippen LogP contribution in [0.25, 0.3) is 6.08 Å². The standard InChI is InChI=1S/C11H13NO4/c1-15-11(16-2)4-3-7-5-8(10(13)14)12-9(7)6-11/h3-5,12H,6H2,1-2H3,(H,13,14). The molecule has 1 aliphatic carbocycles. The highest BCUT2D eigenvalue weighted by Gasteiger charge is 2.32. The first-order valence-electron chi connectivity index (χ1n) is 4.85. The van der Waals surface area contributed by atoms with Gasteiger partial charge in [0.1, 0.15) is 5.69 Å². The van der Waals surface area contributed by atoms with Crippen molar-refractivity contribution < 1.29 is 19.4 Å². The Morgan fingerprint density at radius 3 is 2.75 bits per heavy atom. The van der Waals surface area contributed by atoms with E-state index in [4.69, 9.17) is 14.6 Å². The molecule has 1 aromatic rings. The second-order valence-electron chi connectivity index (χ2n) is 3.65. The van der Waals surface area contributed by atoms with Crippen LogP contribution < -0.4 is 0 Å². The molecule has 16 heavy (non-hydrogen) atoms. The SMILES string of the molecule is COC1(OC)C=Cc2cc(C(=O)O)[nH]c2C1. The van der Waals surface area contributed by atoms with Gasteiger partial charge in [-0.1, -0.05) is 6.08 Å². The van der Waals surface area contributed by atoms with E-state index in [1.165, 1.54) is 0 Å². The summed E-state index contributed by atoms with van der Waals surface area (Å²) in [5.41, 5.74) is 1.85. The predicted octanol–water partition coefficient (Wildman–Crippen LogP) is 1.27. The normalized spacial score (nSPS) is 17.1. The Bertz CT molecular complexity index is 443. The van der Waals surface area contributed by atoms with Crippen LogP contribution in [0.1, 0.15) is 21.7 Å². The number of H-pyrrole nitrogens is 1. The molecule has 0 amide bonds. The molecule has 0 atom stereocenters. The zero-order valence-electron chi connectivity index (χ0n) is 9.11. The van der Waals surface area contributed by atoms with Crippen LogP contribution >= 0.6 is 0 Å². The Balaban J connectivity index is 2.36. The Morgan fingerprint density at radius 2 is 2.19 bits per heavy atom. The number of carboxylic acids is 1. The van der Waals surface area contributed by atoms with Crippen molar-refractivity contribution in [3.8, 4) is 0 Å². The number of hydrogen-bond donors (Lipinski definition) is 2. The maximum Gasteiger partial charge on any atom is 0.352 e. The number of carbonyl (C=O) groups is 1. The molecule has 0 bridgehead atoms. The van der Waals surface area contributed by atoms with Crippen LogP contribution in [0, 0.1) is 0 Å². The number of hydrogen-bond acceptors (Lipinski definition) is 3. The van der Waals surface area contributed by atoms with E-state index in [1.807, 2.05) is 0 Å². The largest absolute Gasteiger partial charge is 0.477 e. The van der Waals surface area contributed by atoms with Gasteiger partial charge in [0.2, 0.25) is 0 Å². The van der Waals surface area contributed by atoms with Gasteiger partial charge in [0, 0.05) is 26.3 Å². The summed E-state index contributed by atoms with van der Waals surface area (Å²) in [6.07, 6.45) is 4.06. The van der Waals surface area contributed by atoms with Gasteiger partial charge in [-0.2, -0.15) is 0 Å². The first-order chi connectivity index (χ1) is 7.60. The molecular weight excluding hydrogens is 210 g/mol. The smallest absolute Gasteiger partial charge is 0.352 e. The van der Waals surface area contributed by atoms with Crippen LogP contribution in [0.15, 0.2) is 12.1 Å². The number of fused-ring (bicyclic) bond motifs is 1. The first kappa shape index (κ1) is 10.9. The summed E-state index contributed by atoms with van der Waals surface area (Å²) in [4.78, 5) is 13.6. The Labute approximate surface area is 92.7 Å². The molecular formula is C11H13NO4. The van der Waals surface area contributed by atoms with E-state index in [9.17, 15) is 4.79 Å². The third-order valence-corrected chi connectivity index (χ3v) is 2.80. The highest BCUT2D eigenvalue weighted by molar-refractivity contribution is 5.87. The summed E-state index contributed by atoms with van der Waals surface area (Å²) in [6, 6.07) is 1.60. The van der Waals surface area contributed by atoms with Crippen molar-refractivity contribution >= 4 is 12.0 Å². The maximum atomic E-state index is 10.8. The van der Waals surface area contributed by atoms with Crippen LogP contribution in [0.5, 0.6) is 0 Å². The molecule has 0 radical (unpaired) electrons. The third-order valence-electron chi connectivity index (χ3n) is 2.80. The van der Waals surface area contributed by atoms with Gasteiger partial charge in [0.15, 0.2) is 5.79 Å². The minimum absolute atomic E-state index is 0.178. The van der Waals surface area contributed by atoms with Crippen LogP contribution in [-0.4, -0.2) is 36.1 Å². The summed E-state index contributed by atoms with van der Waals surface area (Å²) in [5.74, 6) is -1.77. The lowest BCUT2D eigenvalue weighted by atomic mass is 10.00. The molecule has 0 aliphatic heterocycles. The molecule has 0 unspecified atom stereocenters. The molecule has 1 aromatic heterocycles. The predicted molar refractivity (Wildman–Crippen MR) is 57.2 cm³/mol. The lowest BCUT2D eigenvalue weighted by Crippen LogP contribution is -2.35. The highest BCUT2D eigenvalue weighted by atomic mass is 16.7. The summed E-state index contributed by atoms with van der Waals surface area (Å²) in [7, 11) is 3.11. The van der Waals surface area contributed by atoms with Gasteiger partial charge in [-0.3, -0.25) is 0 Å². The fourth-order valence-electron chi connectivity index (χ4n) is 1.81. The van der Waals surface area contributed by atoms with Gasteiger partial charge >= 0.3 is 5.97 Å². The second kappa shape index (κ2) is 3.77.